The van der Waals surface area contributed by atoms with Gasteiger partial charge in [0.1, 0.15) is 0 Å². The molecule has 11 heavy (non-hydrogen) atoms. The minimum Gasteiger partial charge on any atom is -0.390 e. The van der Waals surface area contributed by atoms with Crippen LogP contribution in [0.15, 0.2) is 0 Å². The molecular formula is C6H8Cl2N2O. The first-order valence-electron chi connectivity index (χ1n) is 3.22. The lowest BCUT2D eigenvalue weighted by molar-refractivity contribution is 0.271. The Labute approximate surface area is 74.6 Å². The zero-order valence-corrected chi connectivity index (χ0v) is 7.52. The van der Waals surface area contributed by atoms with Crippen LogP contribution < -0.4 is 0 Å². The fourth-order valence-electron chi connectivity index (χ4n) is 0.901. The van der Waals surface area contributed by atoms with Crippen molar-refractivity contribution in [3.63, 3.8) is 0 Å². The molecule has 0 fully saturated rings. The first-order chi connectivity index (χ1) is 5.20. The lowest BCUT2D eigenvalue weighted by atomic mass is 10.5. The molecule has 1 aromatic rings. The summed E-state index contributed by atoms with van der Waals surface area (Å²) in [5.41, 5.74) is 0.569. The maximum atomic E-state index is 8.84. The highest BCUT2D eigenvalue weighted by atomic mass is 35.5. The van der Waals surface area contributed by atoms with Crippen molar-refractivity contribution < 1.29 is 5.11 Å². The number of nitrogens with zero attached hydrogens (tertiary/aromatic N) is 2. The Morgan fingerprint density at radius 3 is 2.55 bits per heavy atom. The van der Waals surface area contributed by atoms with Crippen LogP contribution in [0.25, 0.3) is 0 Å². The predicted octanol–water partition coefficient (Wildman–Crippen LogP) is 1.70. The summed E-state index contributed by atoms with van der Waals surface area (Å²) in [7, 11) is 0. The van der Waals surface area contributed by atoms with Crippen molar-refractivity contribution in [3.8, 4) is 0 Å². The minimum absolute atomic E-state index is 0.133. The SMILES string of the molecule is CCn1c(Cl)nc(Cl)c1CO. The van der Waals surface area contributed by atoms with Crippen LogP contribution in [0.5, 0.6) is 0 Å². The third kappa shape index (κ3) is 1.50. The number of imidazole rings is 1. The smallest absolute Gasteiger partial charge is 0.204 e. The summed E-state index contributed by atoms with van der Waals surface area (Å²) in [6.45, 7) is 2.43. The van der Waals surface area contributed by atoms with E-state index in [1.54, 1.807) is 4.57 Å². The lowest BCUT2D eigenvalue weighted by Gasteiger charge is -2.01. The minimum atomic E-state index is -0.133. The largest absolute Gasteiger partial charge is 0.390 e. The molecular weight excluding hydrogens is 187 g/mol. The van der Waals surface area contributed by atoms with Gasteiger partial charge in [0, 0.05) is 6.54 Å². The Bertz CT molecular complexity index is 235. The number of aliphatic hydroxyl groups excluding tert-OH is 1. The van der Waals surface area contributed by atoms with E-state index in [-0.39, 0.29) is 11.8 Å². The second-order valence-electron chi connectivity index (χ2n) is 2.02. The molecule has 0 aromatic carbocycles. The van der Waals surface area contributed by atoms with E-state index >= 15 is 0 Å². The topological polar surface area (TPSA) is 38.0 Å². The molecule has 62 valence electrons. The quantitative estimate of drug-likeness (QED) is 0.779. The first-order valence-corrected chi connectivity index (χ1v) is 3.97. The first kappa shape index (κ1) is 8.84. The number of aromatic nitrogens is 2. The molecule has 0 amide bonds. The fraction of sp³-hybridized carbons (Fsp3) is 0.500. The molecule has 3 nitrogen and oxygen atoms in total. The van der Waals surface area contributed by atoms with Gasteiger partial charge >= 0.3 is 0 Å². The summed E-state index contributed by atoms with van der Waals surface area (Å²) < 4.78 is 1.66. The molecule has 0 saturated carbocycles. The highest BCUT2D eigenvalue weighted by Gasteiger charge is 2.11. The van der Waals surface area contributed by atoms with Gasteiger partial charge in [0.05, 0.1) is 12.3 Å². The second kappa shape index (κ2) is 3.43. The standard InChI is InChI=1S/C6H8Cl2N2O/c1-2-10-4(3-11)5(7)9-6(10)8/h11H,2-3H2,1H3. The van der Waals surface area contributed by atoms with Gasteiger partial charge in [0.15, 0.2) is 5.15 Å². The lowest BCUT2D eigenvalue weighted by Crippen LogP contribution is -2.00. The van der Waals surface area contributed by atoms with E-state index in [4.69, 9.17) is 28.3 Å². The summed E-state index contributed by atoms with van der Waals surface area (Å²) in [4.78, 5) is 3.79. The van der Waals surface area contributed by atoms with Crippen molar-refractivity contribution in [3.05, 3.63) is 16.1 Å². The van der Waals surface area contributed by atoms with E-state index in [9.17, 15) is 0 Å². The zero-order valence-electron chi connectivity index (χ0n) is 6.01. The van der Waals surface area contributed by atoms with Crippen molar-refractivity contribution in [2.75, 3.05) is 0 Å². The van der Waals surface area contributed by atoms with Crippen molar-refractivity contribution in [2.24, 2.45) is 0 Å². The van der Waals surface area contributed by atoms with Gasteiger partial charge in [-0.15, -0.1) is 0 Å². The zero-order chi connectivity index (χ0) is 8.43. The second-order valence-corrected chi connectivity index (χ2v) is 2.72. The van der Waals surface area contributed by atoms with Crippen molar-refractivity contribution in [1.29, 1.82) is 0 Å². The van der Waals surface area contributed by atoms with Crippen molar-refractivity contribution in [2.45, 2.75) is 20.1 Å². The van der Waals surface area contributed by atoms with Gasteiger partial charge in [0.2, 0.25) is 5.28 Å². The van der Waals surface area contributed by atoms with Crippen molar-refractivity contribution >= 4 is 23.2 Å². The van der Waals surface area contributed by atoms with Gasteiger partial charge < -0.3 is 9.67 Å². The van der Waals surface area contributed by atoms with Crippen LogP contribution in [0.2, 0.25) is 10.4 Å². The number of rotatable bonds is 2. The maximum absolute atomic E-state index is 8.84. The van der Waals surface area contributed by atoms with Gasteiger partial charge in [-0.1, -0.05) is 11.6 Å². The van der Waals surface area contributed by atoms with Gasteiger partial charge in [0.25, 0.3) is 0 Å². The molecule has 0 unspecified atom stereocenters. The highest BCUT2D eigenvalue weighted by molar-refractivity contribution is 6.32. The van der Waals surface area contributed by atoms with Gasteiger partial charge in [-0.25, -0.2) is 4.98 Å². The summed E-state index contributed by atoms with van der Waals surface area (Å²) in [5, 5.41) is 9.44. The number of aliphatic hydroxyl groups is 1. The molecule has 0 aliphatic carbocycles. The van der Waals surface area contributed by atoms with Crippen molar-refractivity contribution in [1.82, 2.24) is 9.55 Å². The maximum Gasteiger partial charge on any atom is 0.204 e. The molecule has 0 radical (unpaired) electrons. The number of hydrogen-bond acceptors (Lipinski definition) is 2. The van der Waals surface area contributed by atoms with E-state index in [0.29, 0.717) is 17.5 Å². The van der Waals surface area contributed by atoms with Gasteiger partial charge in [-0.05, 0) is 18.5 Å². The summed E-state index contributed by atoms with van der Waals surface area (Å²) >= 11 is 11.3. The summed E-state index contributed by atoms with van der Waals surface area (Å²) in [5.74, 6) is 0. The molecule has 1 rings (SSSR count). The van der Waals surface area contributed by atoms with Crippen LogP contribution in [0.4, 0.5) is 0 Å². The third-order valence-corrected chi connectivity index (χ3v) is 2.03. The van der Waals surface area contributed by atoms with Crippen LogP contribution in [0, 0.1) is 0 Å². The number of hydrogen-bond donors (Lipinski definition) is 1. The molecule has 1 N–H and O–H groups in total. The van der Waals surface area contributed by atoms with E-state index in [1.165, 1.54) is 0 Å². The molecule has 0 atom stereocenters. The average Bonchev–Trinajstić information content (AvgIpc) is 2.24. The fourth-order valence-corrected chi connectivity index (χ4v) is 1.49. The molecule has 0 spiro atoms. The molecule has 0 saturated heterocycles. The van der Waals surface area contributed by atoms with Gasteiger partial charge in [-0.3, -0.25) is 0 Å². The Kier molecular flexibility index (Phi) is 2.76. The monoisotopic (exact) mass is 194 g/mol. The summed E-state index contributed by atoms with van der Waals surface area (Å²) in [6, 6.07) is 0. The van der Waals surface area contributed by atoms with Crippen LogP contribution >= 0.6 is 23.2 Å². The Morgan fingerprint density at radius 2 is 2.18 bits per heavy atom. The Morgan fingerprint density at radius 1 is 1.55 bits per heavy atom. The van der Waals surface area contributed by atoms with E-state index in [0.717, 1.165) is 0 Å². The molecule has 0 bridgehead atoms. The molecule has 1 heterocycles. The van der Waals surface area contributed by atoms with Crippen LogP contribution in [-0.2, 0) is 13.2 Å². The Balaban J connectivity index is 3.17. The third-order valence-electron chi connectivity index (χ3n) is 1.44. The van der Waals surface area contributed by atoms with Crippen LogP contribution in [0.3, 0.4) is 0 Å². The molecule has 5 heteroatoms. The molecule has 0 aliphatic heterocycles. The average molecular weight is 195 g/mol. The predicted molar refractivity (Wildman–Crippen MR) is 43.8 cm³/mol. The highest BCUT2D eigenvalue weighted by Crippen LogP contribution is 2.20. The van der Waals surface area contributed by atoms with E-state index in [1.807, 2.05) is 6.92 Å². The Hall–Kier alpha value is -0.250. The molecule has 0 aliphatic rings. The normalized spacial score (nSPS) is 10.5. The van der Waals surface area contributed by atoms with E-state index < -0.39 is 0 Å². The van der Waals surface area contributed by atoms with Gasteiger partial charge in [-0.2, -0.15) is 0 Å². The van der Waals surface area contributed by atoms with Crippen LogP contribution in [-0.4, -0.2) is 14.7 Å². The van der Waals surface area contributed by atoms with Crippen LogP contribution in [0.1, 0.15) is 12.6 Å². The summed E-state index contributed by atoms with van der Waals surface area (Å²) in [6.07, 6.45) is 0. The van der Waals surface area contributed by atoms with E-state index in [2.05, 4.69) is 4.98 Å². The number of halogens is 2. The molecule has 1 aromatic heterocycles.